The maximum absolute atomic E-state index is 2.47. The summed E-state index contributed by atoms with van der Waals surface area (Å²) in [5.74, 6) is 0. The molecule has 0 radical (unpaired) electrons. The first-order valence-corrected chi connectivity index (χ1v) is 14.8. The monoisotopic (exact) mass is 547 g/mol. The van der Waals surface area contributed by atoms with Gasteiger partial charge < -0.3 is 4.90 Å². The SMILES string of the molecule is c1ccc(-c2ccc(-c3c(N(c4ccccc4)c4cccc5ccccc45)c4ccccc4c4ccccc34)cc2)cc1. The van der Waals surface area contributed by atoms with Crippen LogP contribution in [0.4, 0.5) is 17.1 Å². The van der Waals surface area contributed by atoms with Crippen molar-refractivity contribution in [2.24, 2.45) is 0 Å². The van der Waals surface area contributed by atoms with Crippen molar-refractivity contribution in [3.8, 4) is 22.3 Å². The molecule has 0 aliphatic carbocycles. The van der Waals surface area contributed by atoms with E-state index in [0.717, 1.165) is 11.4 Å². The second-order valence-corrected chi connectivity index (χ2v) is 10.9. The lowest BCUT2D eigenvalue weighted by molar-refractivity contribution is 1.32. The van der Waals surface area contributed by atoms with Gasteiger partial charge in [0.2, 0.25) is 0 Å². The highest BCUT2D eigenvalue weighted by atomic mass is 15.1. The topological polar surface area (TPSA) is 3.24 Å². The minimum atomic E-state index is 1.13. The largest absolute Gasteiger partial charge is 0.309 e. The first kappa shape index (κ1) is 25.1. The van der Waals surface area contributed by atoms with Crippen molar-refractivity contribution in [1.29, 1.82) is 0 Å². The normalized spacial score (nSPS) is 11.3. The number of anilines is 3. The summed E-state index contributed by atoms with van der Waals surface area (Å²) in [4.78, 5) is 2.47. The molecule has 0 unspecified atom stereocenters. The Labute approximate surface area is 251 Å². The van der Waals surface area contributed by atoms with Crippen molar-refractivity contribution in [3.05, 3.63) is 176 Å². The van der Waals surface area contributed by atoms with Gasteiger partial charge in [-0.15, -0.1) is 0 Å². The molecule has 202 valence electrons. The van der Waals surface area contributed by atoms with E-state index in [1.165, 1.54) is 60.3 Å². The summed E-state index contributed by atoms with van der Waals surface area (Å²) in [7, 11) is 0. The van der Waals surface area contributed by atoms with Crippen molar-refractivity contribution in [3.63, 3.8) is 0 Å². The van der Waals surface area contributed by atoms with Crippen LogP contribution in [0.3, 0.4) is 0 Å². The zero-order valence-corrected chi connectivity index (χ0v) is 23.7. The highest BCUT2D eigenvalue weighted by Gasteiger charge is 2.24. The Hall–Kier alpha value is -5.66. The predicted molar refractivity (Wildman–Crippen MR) is 185 cm³/mol. The fraction of sp³-hybridized carbons (Fsp3) is 0. The fourth-order valence-electron chi connectivity index (χ4n) is 6.48. The van der Waals surface area contributed by atoms with E-state index in [4.69, 9.17) is 0 Å². The molecule has 0 aromatic heterocycles. The maximum atomic E-state index is 2.47. The van der Waals surface area contributed by atoms with Gasteiger partial charge in [-0.1, -0.05) is 158 Å². The van der Waals surface area contributed by atoms with E-state index in [9.17, 15) is 0 Å². The van der Waals surface area contributed by atoms with Gasteiger partial charge in [0.1, 0.15) is 0 Å². The standard InChI is InChI=1S/C42H29N/c1-3-14-30(15-4-1)31-26-28-33(29-27-31)41-38-23-11-9-21-36(38)37-22-10-12-24-39(37)42(41)43(34-18-5-2-6-19-34)40-25-13-17-32-16-7-8-20-35(32)40/h1-29H. The molecule has 0 atom stereocenters. The summed E-state index contributed by atoms with van der Waals surface area (Å²) >= 11 is 0. The summed E-state index contributed by atoms with van der Waals surface area (Å²) < 4.78 is 0. The van der Waals surface area contributed by atoms with E-state index < -0.39 is 0 Å². The second-order valence-electron chi connectivity index (χ2n) is 10.9. The number of hydrogen-bond donors (Lipinski definition) is 0. The van der Waals surface area contributed by atoms with Crippen molar-refractivity contribution in [1.82, 2.24) is 0 Å². The average molecular weight is 548 g/mol. The smallest absolute Gasteiger partial charge is 0.0625 e. The molecule has 0 saturated carbocycles. The van der Waals surface area contributed by atoms with E-state index in [1.54, 1.807) is 0 Å². The molecular formula is C42H29N. The van der Waals surface area contributed by atoms with Crippen LogP contribution < -0.4 is 4.90 Å². The summed E-state index contributed by atoms with van der Waals surface area (Å²) in [6.07, 6.45) is 0. The molecule has 0 aliphatic rings. The van der Waals surface area contributed by atoms with E-state index in [0.29, 0.717) is 0 Å². The Morgan fingerprint density at radius 1 is 0.302 bits per heavy atom. The van der Waals surface area contributed by atoms with Gasteiger partial charge in [-0.05, 0) is 56.4 Å². The molecule has 1 nitrogen and oxygen atoms in total. The van der Waals surface area contributed by atoms with Crippen LogP contribution in [0.15, 0.2) is 176 Å². The number of fused-ring (bicyclic) bond motifs is 4. The van der Waals surface area contributed by atoms with Gasteiger partial charge in [0.25, 0.3) is 0 Å². The lowest BCUT2D eigenvalue weighted by Gasteiger charge is -2.31. The minimum Gasteiger partial charge on any atom is -0.309 e. The quantitative estimate of drug-likeness (QED) is 0.194. The maximum Gasteiger partial charge on any atom is 0.0625 e. The Morgan fingerprint density at radius 3 is 1.51 bits per heavy atom. The molecular weight excluding hydrogens is 518 g/mol. The number of rotatable bonds is 5. The van der Waals surface area contributed by atoms with Gasteiger partial charge in [0.05, 0.1) is 11.4 Å². The molecule has 0 saturated heterocycles. The molecule has 1 heteroatoms. The first-order chi connectivity index (χ1) is 21.4. The van der Waals surface area contributed by atoms with E-state index in [2.05, 4.69) is 181 Å². The Kier molecular flexibility index (Phi) is 6.20. The summed E-state index contributed by atoms with van der Waals surface area (Å²) in [5, 5.41) is 7.41. The molecule has 8 rings (SSSR count). The third kappa shape index (κ3) is 4.34. The van der Waals surface area contributed by atoms with Crippen molar-refractivity contribution < 1.29 is 0 Å². The van der Waals surface area contributed by atoms with E-state index in [1.807, 2.05) is 0 Å². The highest BCUT2D eigenvalue weighted by Crippen LogP contribution is 2.50. The van der Waals surface area contributed by atoms with Crippen LogP contribution in [-0.2, 0) is 0 Å². The zero-order valence-electron chi connectivity index (χ0n) is 23.7. The van der Waals surface area contributed by atoms with Crippen LogP contribution >= 0.6 is 0 Å². The van der Waals surface area contributed by atoms with E-state index in [-0.39, 0.29) is 0 Å². The Morgan fingerprint density at radius 2 is 0.791 bits per heavy atom. The highest BCUT2D eigenvalue weighted by molar-refractivity contribution is 6.23. The van der Waals surface area contributed by atoms with Gasteiger partial charge in [0, 0.05) is 22.0 Å². The molecule has 0 bridgehead atoms. The molecule has 0 N–H and O–H groups in total. The van der Waals surface area contributed by atoms with Crippen LogP contribution in [0.2, 0.25) is 0 Å². The Bertz CT molecular complexity index is 2210. The molecule has 0 heterocycles. The zero-order chi connectivity index (χ0) is 28.6. The molecule has 8 aromatic carbocycles. The van der Waals surface area contributed by atoms with E-state index >= 15 is 0 Å². The third-order valence-corrected chi connectivity index (χ3v) is 8.43. The van der Waals surface area contributed by atoms with Gasteiger partial charge >= 0.3 is 0 Å². The van der Waals surface area contributed by atoms with Crippen molar-refractivity contribution in [2.45, 2.75) is 0 Å². The Balaban J connectivity index is 1.50. The van der Waals surface area contributed by atoms with Gasteiger partial charge in [-0.25, -0.2) is 0 Å². The molecule has 8 aromatic rings. The van der Waals surface area contributed by atoms with Gasteiger partial charge in [0.15, 0.2) is 0 Å². The van der Waals surface area contributed by atoms with Crippen LogP contribution in [0.5, 0.6) is 0 Å². The predicted octanol–water partition coefficient (Wildman–Crippen LogP) is 11.9. The summed E-state index contributed by atoms with van der Waals surface area (Å²) in [6.45, 7) is 0. The number of benzene rings is 8. The molecule has 0 fully saturated rings. The summed E-state index contributed by atoms with van der Waals surface area (Å²) in [5.41, 5.74) is 8.32. The molecule has 43 heavy (non-hydrogen) atoms. The second kappa shape index (κ2) is 10.6. The first-order valence-electron chi connectivity index (χ1n) is 14.8. The van der Waals surface area contributed by atoms with Gasteiger partial charge in [-0.3, -0.25) is 0 Å². The van der Waals surface area contributed by atoms with Crippen molar-refractivity contribution >= 4 is 49.4 Å². The molecule has 0 amide bonds. The summed E-state index contributed by atoms with van der Waals surface area (Å²) in [6, 6.07) is 63.5. The lowest BCUT2D eigenvalue weighted by Crippen LogP contribution is -2.12. The van der Waals surface area contributed by atoms with Crippen LogP contribution in [0.1, 0.15) is 0 Å². The molecule has 0 aliphatic heterocycles. The van der Waals surface area contributed by atoms with Crippen LogP contribution in [0.25, 0.3) is 54.6 Å². The third-order valence-electron chi connectivity index (χ3n) is 8.43. The average Bonchev–Trinajstić information content (AvgIpc) is 3.09. The number of para-hydroxylation sites is 1. The molecule has 0 spiro atoms. The van der Waals surface area contributed by atoms with Crippen LogP contribution in [0, 0.1) is 0 Å². The van der Waals surface area contributed by atoms with Gasteiger partial charge in [-0.2, -0.15) is 0 Å². The number of hydrogen-bond acceptors (Lipinski definition) is 1. The fourth-order valence-corrected chi connectivity index (χ4v) is 6.48. The van der Waals surface area contributed by atoms with Crippen molar-refractivity contribution in [2.75, 3.05) is 4.90 Å². The number of nitrogens with zero attached hydrogens (tertiary/aromatic N) is 1. The minimum absolute atomic E-state index is 1.13. The lowest BCUT2D eigenvalue weighted by atomic mass is 9.89. The van der Waals surface area contributed by atoms with Crippen LogP contribution in [-0.4, -0.2) is 0 Å².